The van der Waals surface area contributed by atoms with Gasteiger partial charge in [-0.1, -0.05) is 27.2 Å². The zero-order valence-electron chi connectivity index (χ0n) is 11.0. The fraction of sp³-hybridized carbons (Fsp3) is 0.833. The number of rotatable bonds is 5. The van der Waals surface area contributed by atoms with E-state index in [4.69, 9.17) is 0 Å². The third kappa shape index (κ3) is 2.97. The van der Waals surface area contributed by atoms with E-state index in [1.807, 2.05) is 6.92 Å². The Kier molecular flexibility index (Phi) is 5.04. The number of hydrogen-bond acceptors (Lipinski definition) is 2. The summed E-state index contributed by atoms with van der Waals surface area (Å²) < 4.78 is 25.1. The van der Waals surface area contributed by atoms with Gasteiger partial charge in [-0.15, -0.1) is 0 Å². The van der Waals surface area contributed by atoms with Gasteiger partial charge in [0.1, 0.15) is 12.1 Å². The van der Waals surface area contributed by atoms with Gasteiger partial charge in [0.25, 0.3) is 6.43 Å². The van der Waals surface area contributed by atoms with Crippen molar-refractivity contribution in [1.82, 2.24) is 10.2 Å². The van der Waals surface area contributed by atoms with Crippen LogP contribution in [-0.2, 0) is 9.59 Å². The molecule has 18 heavy (non-hydrogen) atoms. The molecule has 0 aromatic rings. The highest BCUT2D eigenvalue weighted by Crippen LogP contribution is 2.21. The van der Waals surface area contributed by atoms with Crippen LogP contribution in [0.1, 0.15) is 33.6 Å². The molecule has 0 aliphatic carbocycles. The van der Waals surface area contributed by atoms with Crippen LogP contribution in [0.3, 0.4) is 0 Å². The number of alkyl halides is 2. The van der Waals surface area contributed by atoms with Crippen molar-refractivity contribution in [3.8, 4) is 0 Å². The van der Waals surface area contributed by atoms with Crippen molar-refractivity contribution in [2.45, 2.75) is 52.1 Å². The number of carbonyl (C=O) groups excluding carboxylic acids is 2. The molecule has 0 radical (unpaired) electrons. The van der Waals surface area contributed by atoms with E-state index in [2.05, 4.69) is 5.32 Å². The monoisotopic (exact) mass is 262 g/mol. The Morgan fingerprint density at radius 3 is 2.39 bits per heavy atom. The number of carbonyl (C=O) groups is 2. The summed E-state index contributed by atoms with van der Waals surface area (Å²) in [5.41, 5.74) is 0. The van der Waals surface area contributed by atoms with E-state index in [-0.39, 0.29) is 11.8 Å². The second-order valence-corrected chi connectivity index (χ2v) is 4.68. The quantitative estimate of drug-likeness (QED) is 0.814. The summed E-state index contributed by atoms with van der Waals surface area (Å²) in [6.45, 7) is 4.74. The predicted octanol–water partition coefficient (Wildman–Crippen LogP) is 1.40. The molecule has 1 rings (SSSR count). The van der Waals surface area contributed by atoms with Gasteiger partial charge in [-0.25, -0.2) is 8.78 Å². The fourth-order valence-corrected chi connectivity index (χ4v) is 2.22. The summed E-state index contributed by atoms with van der Waals surface area (Å²) in [5.74, 6) is -0.857. The van der Waals surface area contributed by atoms with E-state index >= 15 is 0 Å². The number of nitrogens with one attached hydrogen (secondary N) is 1. The Hall–Kier alpha value is -1.20. The Morgan fingerprint density at radius 1 is 1.33 bits per heavy atom. The first-order chi connectivity index (χ1) is 8.42. The van der Waals surface area contributed by atoms with Gasteiger partial charge in [0.15, 0.2) is 0 Å². The van der Waals surface area contributed by atoms with Gasteiger partial charge in [-0.05, 0) is 12.3 Å². The molecular weight excluding hydrogens is 242 g/mol. The van der Waals surface area contributed by atoms with Crippen molar-refractivity contribution in [3.63, 3.8) is 0 Å². The topological polar surface area (TPSA) is 49.4 Å². The lowest BCUT2D eigenvalue weighted by Gasteiger charge is -2.41. The molecule has 1 heterocycles. The van der Waals surface area contributed by atoms with E-state index in [1.165, 1.54) is 0 Å². The van der Waals surface area contributed by atoms with Crippen LogP contribution >= 0.6 is 0 Å². The van der Waals surface area contributed by atoms with Gasteiger partial charge in [0, 0.05) is 0 Å². The molecule has 0 bridgehead atoms. The van der Waals surface area contributed by atoms with Gasteiger partial charge in [-0.3, -0.25) is 9.59 Å². The van der Waals surface area contributed by atoms with Crippen LogP contribution in [-0.4, -0.2) is 41.8 Å². The number of nitrogens with zero attached hydrogens (tertiary/aromatic N) is 1. The van der Waals surface area contributed by atoms with E-state index in [1.54, 1.807) is 13.8 Å². The number of amides is 2. The molecule has 0 saturated carbocycles. The Labute approximate surface area is 106 Å². The first kappa shape index (κ1) is 14.9. The maximum atomic E-state index is 12.6. The van der Waals surface area contributed by atoms with Crippen molar-refractivity contribution >= 4 is 11.8 Å². The summed E-state index contributed by atoms with van der Waals surface area (Å²) in [5, 5.41) is 2.61. The zero-order valence-corrected chi connectivity index (χ0v) is 11.0. The molecule has 1 saturated heterocycles. The number of piperazine rings is 1. The number of halogens is 2. The highest BCUT2D eigenvalue weighted by Gasteiger charge is 2.42. The molecule has 0 aromatic carbocycles. The molecule has 6 heteroatoms. The van der Waals surface area contributed by atoms with E-state index in [9.17, 15) is 18.4 Å². The minimum Gasteiger partial charge on any atom is -0.343 e. The van der Waals surface area contributed by atoms with Crippen LogP contribution in [0, 0.1) is 5.92 Å². The lowest BCUT2D eigenvalue weighted by Crippen LogP contribution is -2.65. The van der Waals surface area contributed by atoms with Crippen LogP contribution in [0.2, 0.25) is 0 Å². The van der Waals surface area contributed by atoms with E-state index in [0.29, 0.717) is 12.8 Å². The average Bonchev–Trinajstić information content (AvgIpc) is 2.32. The lowest BCUT2D eigenvalue weighted by atomic mass is 9.93. The second kappa shape index (κ2) is 6.11. The molecule has 1 aliphatic heterocycles. The molecule has 3 unspecified atom stereocenters. The minimum absolute atomic E-state index is 0.134. The van der Waals surface area contributed by atoms with Gasteiger partial charge >= 0.3 is 0 Å². The second-order valence-electron chi connectivity index (χ2n) is 4.68. The van der Waals surface area contributed by atoms with Gasteiger partial charge in [0.05, 0.1) is 6.54 Å². The van der Waals surface area contributed by atoms with Gasteiger partial charge in [0.2, 0.25) is 11.8 Å². The van der Waals surface area contributed by atoms with Crippen molar-refractivity contribution in [3.05, 3.63) is 0 Å². The molecule has 1 fully saturated rings. The fourth-order valence-electron chi connectivity index (χ4n) is 2.22. The Morgan fingerprint density at radius 2 is 1.94 bits per heavy atom. The van der Waals surface area contributed by atoms with Crippen molar-refractivity contribution < 1.29 is 18.4 Å². The van der Waals surface area contributed by atoms with Crippen LogP contribution in [0.25, 0.3) is 0 Å². The first-order valence-electron chi connectivity index (χ1n) is 6.31. The van der Waals surface area contributed by atoms with Crippen molar-refractivity contribution in [2.75, 3.05) is 6.54 Å². The number of hydrogen-bond donors (Lipinski definition) is 1. The summed E-state index contributed by atoms with van der Waals surface area (Å²) in [6, 6.07) is -1.45. The summed E-state index contributed by atoms with van der Waals surface area (Å²) >= 11 is 0. The SMILES string of the molecule is CCC1NC(=O)C(C(C)CC)N(CC(F)F)C1=O. The predicted molar refractivity (Wildman–Crippen MR) is 63.2 cm³/mol. The molecular formula is C12H20F2N2O2. The van der Waals surface area contributed by atoms with Gasteiger partial charge in [-0.2, -0.15) is 0 Å². The standard InChI is InChI=1S/C12H20F2N2O2/c1-4-7(3)10-11(17)15-8(5-2)12(18)16(10)6-9(13)14/h7-10H,4-6H2,1-3H3,(H,15,17). The van der Waals surface area contributed by atoms with Crippen LogP contribution in [0.15, 0.2) is 0 Å². The third-order valence-corrected chi connectivity index (χ3v) is 3.43. The molecule has 2 amide bonds. The normalized spacial score (nSPS) is 26.4. The molecule has 104 valence electrons. The average molecular weight is 262 g/mol. The van der Waals surface area contributed by atoms with E-state index in [0.717, 1.165) is 4.90 Å². The molecule has 0 spiro atoms. The highest BCUT2D eigenvalue weighted by atomic mass is 19.3. The Bertz CT molecular complexity index is 323. The van der Waals surface area contributed by atoms with Crippen molar-refractivity contribution in [1.29, 1.82) is 0 Å². The summed E-state index contributed by atoms with van der Waals surface area (Å²) in [6.07, 6.45) is -1.55. The molecule has 0 aromatic heterocycles. The molecule has 4 nitrogen and oxygen atoms in total. The smallest absolute Gasteiger partial charge is 0.255 e. The van der Waals surface area contributed by atoms with Gasteiger partial charge < -0.3 is 10.2 Å². The Balaban J connectivity index is 2.97. The van der Waals surface area contributed by atoms with E-state index < -0.39 is 31.0 Å². The van der Waals surface area contributed by atoms with Crippen LogP contribution in [0.4, 0.5) is 8.78 Å². The zero-order chi connectivity index (χ0) is 13.9. The molecule has 1 N–H and O–H groups in total. The highest BCUT2D eigenvalue weighted by molar-refractivity contribution is 5.97. The summed E-state index contributed by atoms with van der Waals surface area (Å²) in [4.78, 5) is 25.0. The van der Waals surface area contributed by atoms with Crippen molar-refractivity contribution in [2.24, 2.45) is 5.92 Å². The maximum Gasteiger partial charge on any atom is 0.255 e. The third-order valence-electron chi connectivity index (χ3n) is 3.43. The molecule has 1 aliphatic rings. The minimum atomic E-state index is -2.62. The maximum absolute atomic E-state index is 12.6. The summed E-state index contributed by atoms with van der Waals surface area (Å²) in [7, 11) is 0. The van der Waals surface area contributed by atoms with Crippen LogP contribution < -0.4 is 5.32 Å². The lowest BCUT2D eigenvalue weighted by molar-refractivity contribution is -0.153. The first-order valence-corrected chi connectivity index (χ1v) is 6.31. The largest absolute Gasteiger partial charge is 0.343 e. The molecule has 3 atom stereocenters. The van der Waals surface area contributed by atoms with Crippen LogP contribution in [0.5, 0.6) is 0 Å².